The van der Waals surface area contributed by atoms with Gasteiger partial charge in [0.25, 0.3) is 0 Å². The van der Waals surface area contributed by atoms with Crippen molar-refractivity contribution in [2.24, 2.45) is 0 Å². The van der Waals surface area contributed by atoms with Crippen molar-refractivity contribution in [3.05, 3.63) is 0 Å². The van der Waals surface area contributed by atoms with E-state index in [9.17, 15) is 4.79 Å². The molecule has 0 aliphatic carbocycles. The van der Waals surface area contributed by atoms with Crippen LogP contribution in [0.4, 0.5) is 0 Å². The van der Waals surface area contributed by atoms with Crippen molar-refractivity contribution in [3.63, 3.8) is 0 Å². The van der Waals surface area contributed by atoms with E-state index >= 15 is 0 Å². The van der Waals surface area contributed by atoms with Crippen molar-refractivity contribution in [2.75, 3.05) is 39.3 Å². The summed E-state index contributed by atoms with van der Waals surface area (Å²) < 4.78 is 0. The van der Waals surface area contributed by atoms with E-state index in [0.717, 1.165) is 26.2 Å². The molecule has 0 aromatic heterocycles. The highest BCUT2D eigenvalue weighted by Gasteiger charge is 2.16. The van der Waals surface area contributed by atoms with Gasteiger partial charge in [-0.15, -0.1) is 0 Å². The van der Waals surface area contributed by atoms with Gasteiger partial charge in [0.1, 0.15) is 5.78 Å². The Hall–Kier alpha value is -0.410. The normalized spacial score (nSPS) is 20.5. The SMILES string of the molecule is CCCN1CCN(CC(C)=O)CC1. The summed E-state index contributed by atoms with van der Waals surface area (Å²) in [6.07, 6.45) is 1.23. The summed E-state index contributed by atoms with van der Waals surface area (Å²) >= 11 is 0. The molecule has 13 heavy (non-hydrogen) atoms. The number of ketones is 1. The minimum absolute atomic E-state index is 0.281. The van der Waals surface area contributed by atoms with Crippen LogP contribution in [0.15, 0.2) is 0 Å². The van der Waals surface area contributed by atoms with E-state index in [0.29, 0.717) is 6.54 Å². The van der Waals surface area contributed by atoms with Crippen molar-refractivity contribution in [3.8, 4) is 0 Å². The molecule has 0 saturated carbocycles. The van der Waals surface area contributed by atoms with Gasteiger partial charge in [-0.2, -0.15) is 0 Å². The second-order valence-corrected chi connectivity index (χ2v) is 3.82. The Labute approximate surface area is 80.7 Å². The largest absolute Gasteiger partial charge is 0.301 e. The highest BCUT2D eigenvalue weighted by atomic mass is 16.1. The van der Waals surface area contributed by atoms with E-state index in [1.165, 1.54) is 13.0 Å². The summed E-state index contributed by atoms with van der Waals surface area (Å²) in [5, 5.41) is 0. The molecule has 1 rings (SSSR count). The van der Waals surface area contributed by atoms with E-state index in [1.54, 1.807) is 6.92 Å². The van der Waals surface area contributed by atoms with Crippen LogP contribution in [0.1, 0.15) is 20.3 Å². The molecular weight excluding hydrogens is 164 g/mol. The van der Waals surface area contributed by atoms with Gasteiger partial charge in [0.15, 0.2) is 0 Å². The van der Waals surface area contributed by atoms with Crippen molar-refractivity contribution in [1.82, 2.24) is 9.80 Å². The summed E-state index contributed by atoms with van der Waals surface area (Å²) in [6, 6.07) is 0. The second-order valence-electron chi connectivity index (χ2n) is 3.82. The van der Waals surface area contributed by atoms with Gasteiger partial charge in [-0.25, -0.2) is 0 Å². The average Bonchev–Trinajstić information content (AvgIpc) is 2.08. The molecule has 1 fully saturated rings. The summed E-state index contributed by atoms with van der Waals surface area (Å²) in [7, 11) is 0. The molecule has 0 atom stereocenters. The Bertz CT molecular complexity index is 162. The van der Waals surface area contributed by atoms with Crippen LogP contribution in [0.5, 0.6) is 0 Å². The fraction of sp³-hybridized carbons (Fsp3) is 0.900. The average molecular weight is 184 g/mol. The standard InChI is InChI=1S/C10H20N2O/c1-3-4-11-5-7-12(8-6-11)9-10(2)13/h3-9H2,1-2H3. The van der Waals surface area contributed by atoms with Gasteiger partial charge < -0.3 is 4.90 Å². The van der Waals surface area contributed by atoms with Crippen molar-refractivity contribution in [2.45, 2.75) is 20.3 Å². The van der Waals surface area contributed by atoms with Gasteiger partial charge in [-0.1, -0.05) is 6.92 Å². The van der Waals surface area contributed by atoms with Crippen molar-refractivity contribution in [1.29, 1.82) is 0 Å². The van der Waals surface area contributed by atoms with E-state index in [1.807, 2.05) is 0 Å². The van der Waals surface area contributed by atoms with Gasteiger partial charge in [-0.3, -0.25) is 9.69 Å². The molecule has 0 aromatic rings. The smallest absolute Gasteiger partial charge is 0.143 e. The Morgan fingerprint density at radius 1 is 1.15 bits per heavy atom. The fourth-order valence-electron chi connectivity index (χ4n) is 1.80. The number of hydrogen-bond acceptors (Lipinski definition) is 3. The van der Waals surface area contributed by atoms with Crippen molar-refractivity contribution < 1.29 is 4.79 Å². The maximum Gasteiger partial charge on any atom is 0.143 e. The minimum atomic E-state index is 0.281. The quantitative estimate of drug-likeness (QED) is 0.639. The third kappa shape index (κ3) is 3.87. The topological polar surface area (TPSA) is 23.6 Å². The van der Waals surface area contributed by atoms with Crippen LogP contribution < -0.4 is 0 Å². The predicted molar refractivity (Wildman–Crippen MR) is 53.9 cm³/mol. The third-order valence-corrected chi connectivity index (χ3v) is 2.45. The number of Topliss-reactive ketones (excluding diaryl/α,β-unsaturated/α-hetero) is 1. The van der Waals surface area contributed by atoms with Crippen LogP contribution in [-0.2, 0) is 4.79 Å². The lowest BCUT2D eigenvalue weighted by molar-refractivity contribution is -0.118. The molecule has 1 heterocycles. The minimum Gasteiger partial charge on any atom is -0.301 e. The third-order valence-electron chi connectivity index (χ3n) is 2.45. The van der Waals surface area contributed by atoms with Crippen molar-refractivity contribution >= 4 is 5.78 Å². The van der Waals surface area contributed by atoms with E-state index in [4.69, 9.17) is 0 Å². The Morgan fingerprint density at radius 3 is 2.15 bits per heavy atom. The van der Waals surface area contributed by atoms with Gasteiger partial charge in [0.2, 0.25) is 0 Å². The van der Waals surface area contributed by atoms with E-state index in [-0.39, 0.29) is 5.78 Å². The Morgan fingerprint density at radius 2 is 1.69 bits per heavy atom. The van der Waals surface area contributed by atoms with Crippen LogP contribution >= 0.6 is 0 Å². The molecule has 0 unspecified atom stereocenters. The number of rotatable bonds is 4. The highest BCUT2D eigenvalue weighted by molar-refractivity contribution is 5.77. The van der Waals surface area contributed by atoms with E-state index in [2.05, 4.69) is 16.7 Å². The monoisotopic (exact) mass is 184 g/mol. The van der Waals surface area contributed by atoms with Gasteiger partial charge in [0.05, 0.1) is 6.54 Å². The molecule has 0 N–H and O–H groups in total. The number of nitrogens with zero attached hydrogens (tertiary/aromatic N) is 2. The lowest BCUT2D eigenvalue weighted by atomic mass is 10.3. The molecule has 1 saturated heterocycles. The molecule has 1 aliphatic heterocycles. The zero-order valence-corrected chi connectivity index (χ0v) is 8.75. The summed E-state index contributed by atoms with van der Waals surface area (Å²) in [5.41, 5.74) is 0. The maximum atomic E-state index is 10.9. The molecule has 0 spiro atoms. The maximum absolute atomic E-state index is 10.9. The van der Waals surface area contributed by atoms with Crippen LogP contribution in [0, 0.1) is 0 Å². The predicted octanol–water partition coefficient (Wildman–Crippen LogP) is 0.603. The zero-order chi connectivity index (χ0) is 9.68. The molecule has 3 nitrogen and oxygen atoms in total. The number of piperazine rings is 1. The Balaban J connectivity index is 2.18. The van der Waals surface area contributed by atoms with Gasteiger partial charge in [-0.05, 0) is 19.9 Å². The first-order chi connectivity index (χ1) is 6.22. The van der Waals surface area contributed by atoms with Gasteiger partial charge >= 0.3 is 0 Å². The van der Waals surface area contributed by atoms with Crippen LogP contribution in [0.2, 0.25) is 0 Å². The number of carbonyl (C=O) groups is 1. The summed E-state index contributed by atoms with van der Waals surface area (Å²) in [5.74, 6) is 0.281. The first-order valence-corrected chi connectivity index (χ1v) is 5.16. The molecule has 0 aromatic carbocycles. The number of hydrogen-bond donors (Lipinski definition) is 0. The van der Waals surface area contributed by atoms with Crippen LogP contribution in [0.25, 0.3) is 0 Å². The summed E-state index contributed by atoms with van der Waals surface area (Å²) in [6.45, 7) is 10.1. The molecule has 76 valence electrons. The first-order valence-electron chi connectivity index (χ1n) is 5.16. The lowest BCUT2D eigenvalue weighted by Crippen LogP contribution is -2.47. The Kier molecular flexibility index (Phi) is 4.39. The highest BCUT2D eigenvalue weighted by Crippen LogP contribution is 2.01. The molecule has 3 heteroatoms. The molecule has 0 bridgehead atoms. The van der Waals surface area contributed by atoms with E-state index < -0.39 is 0 Å². The van der Waals surface area contributed by atoms with Gasteiger partial charge in [0, 0.05) is 26.2 Å². The number of carbonyl (C=O) groups excluding carboxylic acids is 1. The molecule has 0 radical (unpaired) electrons. The second kappa shape index (κ2) is 5.35. The molecule has 0 amide bonds. The molecule has 1 aliphatic rings. The summed E-state index contributed by atoms with van der Waals surface area (Å²) in [4.78, 5) is 15.6. The lowest BCUT2D eigenvalue weighted by Gasteiger charge is -2.33. The molecular formula is C10H20N2O. The fourth-order valence-corrected chi connectivity index (χ4v) is 1.80. The van der Waals surface area contributed by atoms with Crippen LogP contribution in [0.3, 0.4) is 0 Å². The zero-order valence-electron chi connectivity index (χ0n) is 8.75. The first kappa shape index (κ1) is 10.7. The van der Waals surface area contributed by atoms with Crippen LogP contribution in [-0.4, -0.2) is 54.9 Å².